The molecule has 0 saturated carbocycles. The fraction of sp³-hybridized carbons (Fsp3) is 0.143. The molecule has 0 fully saturated rings. The van der Waals surface area contributed by atoms with E-state index in [2.05, 4.69) is 20.5 Å². The van der Waals surface area contributed by atoms with Gasteiger partial charge in [-0.2, -0.15) is 5.10 Å². The maximum absolute atomic E-state index is 12.9. The van der Waals surface area contributed by atoms with E-state index in [1.165, 1.54) is 0 Å². The van der Waals surface area contributed by atoms with Gasteiger partial charge in [0.2, 0.25) is 5.91 Å². The summed E-state index contributed by atoms with van der Waals surface area (Å²) in [5, 5.41) is 11.1. The van der Waals surface area contributed by atoms with Gasteiger partial charge >= 0.3 is 0 Å². The molecule has 0 radical (unpaired) electrons. The predicted molar refractivity (Wildman–Crippen MR) is 107 cm³/mol. The number of aromatic nitrogens is 3. The van der Waals surface area contributed by atoms with Gasteiger partial charge in [0.1, 0.15) is 0 Å². The van der Waals surface area contributed by atoms with Crippen molar-refractivity contribution in [3.05, 3.63) is 72.2 Å². The van der Waals surface area contributed by atoms with E-state index in [1.54, 1.807) is 0 Å². The summed E-state index contributed by atoms with van der Waals surface area (Å²) in [6, 6.07) is 15.5. The van der Waals surface area contributed by atoms with Crippen molar-refractivity contribution in [1.82, 2.24) is 15.2 Å². The maximum atomic E-state index is 12.9. The van der Waals surface area contributed by atoms with Crippen molar-refractivity contribution < 1.29 is 4.79 Å². The van der Waals surface area contributed by atoms with Gasteiger partial charge in [0.05, 0.1) is 23.3 Å². The number of rotatable bonds is 5. The summed E-state index contributed by atoms with van der Waals surface area (Å²) >= 11 is 0. The topological polar surface area (TPSA) is 99.6 Å². The predicted octanol–water partition coefficient (Wildman–Crippen LogP) is 3.55. The number of nitrogens with two attached hydrogens (primary N) is 1. The maximum Gasteiger partial charge on any atom is 0.233 e. The number of fused-ring (bicyclic) bond motifs is 1. The van der Waals surface area contributed by atoms with E-state index in [9.17, 15) is 4.79 Å². The molecule has 0 spiro atoms. The van der Waals surface area contributed by atoms with Crippen LogP contribution < -0.4 is 11.1 Å². The minimum Gasteiger partial charge on any atom is -0.359 e. The van der Waals surface area contributed by atoms with Crippen LogP contribution in [0.15, 0.2) is 60.9 Å². The number of carbonyl (C=O) groups excluding carboxylic acids is 1. The first-order chi connectivity index (χ1) is 13.2. The summed E-state index contributed by atoms with van der Waals surface area (Å²) in [5.74, 6) is -0.515. The zero-order chi connectivity index (χ0) is 18.8. The van der Waals surface area contributed by atoms with Crippen LogP contribution in [0.2, 0.25) is 0 Å². The number of amides is 1. The Morgan fingerprint density at radius 3 is 2.67 bits per heavy atom. The zero-order valence-electron chi connectivity index (χ0n) is 15.0. The molecule has 0 unspecified atom stereocenters. The third-order valence-corrected chi connectivity index (χ3v) is 4.85. The van der Waals surface area contributed by atoms with E-state index in [4.69, 9.17) is 5.73 Å². The normalized spacial score (nSPS) is 12.2. The van der Waals surface area contributed by atoms with Crippen molar-refractivity contribution in [3.8, 4) is 11.1 Å². The molecule has 27 heavy (non-hydrogen) atoms. The zero-order valence-corrected chi connectivity index (χ0v) is 15.0. The highest BCUT2D eigenvalue weighted by Crippen LogP contribution is 2.33. The lowest BCUT2D eigenvalue weighted by atomic mass is 9.98. The molecule has 0 aliphatic heterocycles. The number of nitrogens with zero attached hydrogens (tertiary/aromatic N) is 1. The number of hydrogen-bond acceptors (Lipinski definition) is 3. The lowest BCUT2D eigenvalue weighted by Crippen LogP contribution is -2.27. The molecule has 4 rings (SSSR count). The number of benzene rings is 2. The Hall–Kier alpha value is -3.38. The van der Waals surface area contributed by atoms with Gasteiger partial charge < -0.3 is 16.0 Å². The Bertz CT molecular complexity index is 1080. The molecule has 1 atom stereocenters. The van der Waals surface area contributed by atoms with Crippen LogP contribution in [-0.2, 0) is 4.79 Å². The van der Waals surface area contributed by atoms with Crippen molar-refractivity contribution in [2.45, 2.75) is 12.8 Å². The number of carbonyl (C=O) groups is 1. The summed E-state index contributed by atoms with van der Waals surface area (Å²) < 4.78 is 0. The van der Waals surface area contributed by atoms with Crippen molar-refractivity contribution in [2.24, 2.45) is 5.73 Å². The fourth-order valence-corrected chi connectivity index (χ4v) is 3.40. The Morgan fingerprint density at radius 2 is 1.96 bits per heavy atom. The molecular weight excluding hydrogens is 338 g/mol. The van der Waals surface area contributed by atoms with Crippen molar-refractivity contribution >= 4 is 22.5 Å². The Balaban J connectivity index is 1.68. The number of para-hydroxylation sites is 1. The number of anilines is 1. The van der Waals surface area contributed by atoms with Gasteiger partial charge in [-0.05, 0) is 18.6 Å². The largest absolute Gasteiger partial charge is 0.359 e. The average Bonchev–Trinajstić information content (AvgIpc) is 3.29. The van der Waals surface area contributed by atoms with Gasteiger partial charge in [-0.3, -0.25) is 9.89 Å². The van der Waals surface area contributed by atoms with E-state index >= 15 is 0 Å². The smallest absolute Gasteiger partial charge is 0.233 e. The van der Waals surface area contributed by atoms with E-state index in [0.717, 1.165) is 39.0 Å². The Morgan fingerprint density at radius 1 is 1.15 bits per heavy atom. The van der Waals surface area contributed by atoms with Gasteiger partial charge in [-0.1, -0.05) is 42.5 Å². The average molecular weight is 359 g/mol. The molecule has 136 valence electrons. The van der Waals surface area contributed by atoms with Crippen molar-refractivity contribution in [3.63, 3.8) is 0 Å². The molecule has 2 aromatic heterocycles. The van der Waals surface area contributed by atoms with Crippen LogP contribution >= 0.6 is 0 Å². The van der Waals surface area contributed by atoms with E-state index < -0.39 is 5.92 Å². The van der Waals surface area contributed by atoms with Crippen molar-refractivity contribution in [1.29, 1.82) is 0 Å². The molecule has 0 aliphatic carbocycles. The van der Waals surface area contributed by atoms with Gasteiger partial charge in [-0.15, -0.1) is 0 Å². The van der Waals surface area contributed by atoms with Crippen molar-refractivity contribution in [2.75, 3.05) is 11.9 Å². The minimum atomic E-state index is -0.396. The number of aromatic amines is 2. The van der Waals surface area contributed by atoms with Crippen LogP contribution in [0.4, 0.5) is 5.69 Å². The Kier molecular flexibility index (Phi) is 4.48. The van der Waals surface area contributed by atoms with Gasteiger partial charge in [0, 0.05) is 34.9 Å². The number of nitrogens with one attached hydrogen (secondary N) is 3. The summed E-state index contributed by atoms with van der Waals surface area (Å²) in [7, 11) is 0. The molecule has 0 bridgehead atoms. The third kappa shape index (κ3) is 3.11. The monoisotopic (exact) mass is 359 g/mol. The molecule has 1 amide bonds. The first-order valence-electron chi connectivity index (χ1n) is 8.85. The summed E-state index contributed by atoms with van der Waals surface area (Å²) in [6.07, 6.45) is 3.75. The molecular formula is C21H21N5O. The molecule has 5 N–H and O–H groups in total. The lowest BCUT2D eigenvalue weighted by Gasteiger charge is -2.15. The summed E-state index contributed by atoms with van der Waals surface area (Å²) in [5.41, 5.74) is 11.5. The summed E-state index contributed by atoms with van der Waals surface area (Å²) in [6.45, 7) is 2.23. The highest BCUT2D eigenvalue weighted by Gasteiger charge is 2.20. The number of hydrogen-bond donors (Lipinski definition) is 4. The van der Waals surface area contributed by atoms with Crippen LogP contribution in [0.5, 0.6) is 0 Å². The highest BCUT2D eigenvalue weighted by molar-refractivity contribution is 6.07. The molecule has 0 saturated heterocycles. The highest BCUT2D eigenvalue weighted by atomic mass is 16.1. The van der Waals surface area contributed by atoms with Crippen LogP contribution in [0, 0.1) is 6.92 Å². The van der Waals surface area contributed by atoms with Crippen LogP contribution in [0.1, 0.15) is 17.2 Å². The molecule has 6 nitrogen and oxygen atoms in total. The van der Waals surface area contributed by atoms with Crippen LogP contribution in [0.3, 0.4) is 0 Å². The fourth-order valence-electron chi connectivity index (χ4n) is 3.40. The molecule has 2 heterocycles. The van der Waals surface area contributed by atoms with Crippen LogP contribution in [-0.4, -0.2) is 27.6 Å². The van der Waals surface area contributed by atoms with Crippen LogP contribution in [0.25, 0.3) is 22.0 Å². The third-order valence-electron chi connectivity index (χ3n) is 4.85. The van der Waals surface area contributed by atoms with E-state index in [1.807, 2.05) is 67.8 Å². The van der Waals surface area contributed by atoms with E-state index in [0.29, 0.717) is 0 Å². The second kappa shape index (κ2) is 7.09. The van der Waals surface area contributed by atoms with E-state index in [-0.39, 0.29) is 12.5 Å². The SMILES string of the molecule is Cc1[nH]ncc1-c1c[nH]c2c(NC(=O)[C@H](CN)c3ccccc3)cccc12. The second-order valence-electron chi connectivity index (χ2n) is 6.53. The second-order valence-corrected chi connectivity index (χ2v) is 6.53. The first kappa shape index (κ1) is 17.1. The molecule has 4 aromatic rings. The minimum absolute atomic E-state index is 0.119. The lowest BCUT2D eigenvalue weighted by molar-refractivity contribution is -0.117. The molecule has 0 aliphatic rings. The molecule has 6 heteroatoms. The Labute approximate surface area is 156 Å². The summed E-state index contributed by atoms with van der Waals surface area (Å²) in [4.78, 5) is 16.1. The quantitative estimate of drug-likeness (QED) is 0.438. The van der Waals surface area contributed by atoms with Gasteiger partial charge in [0.15, 0.2) is 0 Å². The number of aryl methyl sites for hydroxylation is 1. The van der Waals surface area contributed by atoms with Gasteiger partial charge in [0.25, 0.3) is 0 Å². The molecule has 2 aromatic carbocycles. The van der Waals surface area contributed by atoms with Gasteiger partial charge in [-0.25, -0.2) is 0 Å². The first-order valence-corrected chi connectivity index (χ1v) is 8.85. The number of H-pyrrole nitrogens is 2. The standard InChI is InChI=1S/C21H21N5O/c1-13-17(12-24-26-13)18-11-23-20-15(18)8-5-9-19(20)25-21(27)16(10-22)14-6-3-2-4-7-14/h2-9,11-12,16,23H,10,22H2,1H3,(H,24,26)(H,25,27)/t16-/m1/s1.